The van der Waals surface area contributed by atoms with Gasteiger partial charge in [0.15, 0.2) is 4.96 Å². The number of non-ortho nitro benzene ring substituents is 1. The Morgan fingerprint density at radius 3 is 3.05 bits per heavy atom. The van der Waals surface area contributed by atoms with Crippen molar-refractivity contribution in [3.05, 3.63) is 51.7 Å². The number of aromatic nitrogens is 2. The molecule has 2 heterocycles. The van der Waals surface area contributed by atoms with Crippen LogP contribution in [0.1, 0.15) is 5.69 Å². The van der Waals surface area contributed by atoms with Crippen molar-refractivity contribution in [1.29, 1.82) is 0 Å². The number of nitrogens with two attached hydrogens (primary N) is 1. The van der Waals surface area contributed by atoms with Gasteiger partial charge in [-0.05, 0) is 0 Å². The molecule has 3 aromatic rings. The summed E-state index contributed by atoms with van der Waals surface area (Å²) in [6.45, 7) is 0.375. The lowest BCUT2D eigenvalue weighted by Crippen LogP contribution is -2.01. The summed E-state index contributed by atoms with van der Waals surface area (Å²) in [6, 6.07) is 6.55. The number of nitro groups is 1. The Morgan fingerprint density at radius 2 is 2.32 bits per heavy atom. The van der Waals surface area contributed by atoms with Crippen LogP contribution in [0, 0.1) is 10.1 Å². The second-order valence-corrected chi connectivity index (χ2v) is 4.84. The number of fused-ring (bicyclic) bond motifs is 1. The van der Waals surface area contributed by atoms with Crippen LogP contribution in [0.4, 0.5) is 5.69 Å². The van der Waals surface area contributed by atoms with E-state index >= 15 is 0 Å². The minimum Gasteiger partial charge on any atom is -0.325 e. The fraction of sp³-hybridized carbons (Fsp3) is 0.0833. The molecule has 2 aromatic heterocycles. The van der Waals surface area contributed by atoms with E-state index in [1.54, 1.807) is 18.3 Å². The number of nitro benzene ring substituents is 1. The Balaban J connectivity index is 2.21. The van der Waals surface area contributed by atoms with Crippen LogP contribution in [0.25, 0.3) is 16.2 Å². The van der Waals surface area contributed by atoms with Crippen molar-refractivity contribution < 1.29 is 4.92 Å². The van der Waals surface area contributed by atoms with Crippen molar-refractivity contribution in [3.8, 4) is 11.3 Å². The zero-order chi connectivity index (χ0) is 13.4. The molecule has 19 heavy (non-hydrogen) atoms. The monoisotopic (exact) mass is 274 g/mol. The molecule has 0 radical (unpaired) electrons. The van der Waals surface area contributed by atoms with Gasteiger partial charge in [0.1, 0.15) is 0 Å². The third-order valence-electron chi connectivity index (χ3n) is 2.88. The summed E-state index contributed by atoms with van der Waals surface area (Å²) >= 11 is 1.49. The van der Waals surface area contributed by atoms with Gasteiger partial charge < -0.3 is 5.73 Å². The summed E-state index contributed by atoms with van der Waals surface area (Å²) in [5.41, 5.74) is 8.30. The molecule has 0 saturated carbocycles. The molecule has 3 rings (SSSR count). The maximum absolute atomic E-state index is 10.8. The second kappa shape index (κ2) is 4.45. The van der Waals surface area contributed by atoms with Crippen LogP contribution < -0.4 is 5.73 Å². The molecule has 0 amide bonds. The summed E-state index contributed by atoms with van der Waals surface area (Å²) < 4.78 is 1.93. The number of imidazole rings is 1. The molecule has 0 bridgehead atoms. The molecule has 1 aromatic carbocycles. The van der Waals surface area contributed by atoms with Crippen molar-refractivity contribution >= 4 is 22.0 Å². The lowest BCUT2D eigenvalue weighted by atomic mass is 10.1. The Kier molecular flexibility index (Phi) is 2.77. The quantitative estimate of drug-likeness (QED) is 0.587. The minimum atomic E-state index is -0.398. The fourth-order valence-corrected chi connectivity index (χ4v) is 2.88. The summed E-state index contributed by atoms with van der Waals surface area (Å²) in [5.74, 6) is 0. The molecule has 6 nitrogen and oxygen atoms in total. The van der Waals surface area contributed by atoms with Gasteiger partial charge >= 0.3 is 0 Å². The van der Waals surface area contributed by atoms with Crippen molar-refractivity contribution in [1.82, 2.24) is 9.38 Å². The van der Waals surface area contributed by atoms with Crippen LogP contribution in [0.5, 0.6) is 0 Å². The zero-order valence-corrected chi connectivity index (χ0v) is 10.6. The molecule has 0 aliphatic carbocycles. The van der Waals surface area contributed by atoms with E-state index in [9.17, 15) is 10.1 Å². The van der Waals surface area contributed by atoms with Crippen molar-refractivity contribution in [2.75, 3.05) is 0 Å². The highest BCUT2D eigenvalue weighted by atomic mass is 32.1. The molecule has 0 atom stereocenters. The fourth-order valence-electron chi connectivity index (χ4n) is 1.99. The molecule has 0 unspecified atom stereocenters. The number of hydrogen-bond acceptors (Lipinski definition) is 5. The van der Waals surface area contributed by atoms with E-state index in [4.69, 9.17) is 5.73 Å². The van der Waals surface area contributed by atoms with Crippen LogP contribution in [-0.4, -0.2) is 14.3 Å². The number of rotatable bonds is 3. The van der Waals surface area contributed by atoms with Crippen LogP contribution >= 0.6 is 11.3 Å². The van der Waals surface area contributed by atoms with Gasteiger partial charge in [-0.3, -0.25) is 14.5 Å². The Hall–Kier alpha value is -2.25. The van der Waals surface area contributed by atoms with E-state index < -0.39 is 4.92 Å². The number of benzene rings is 1. The molecule has 2 N–H and O–H groups in total. The zero-order valence-electron chi connectivity index (χ0n) is 9.81. The molecule has 0 fully saturated rings. The van der Waals surface area contributed by atoms with Crippen LogP contribution in [0.15, 0.2) is 35.8 Å². The minimum absolute atomic E-state index is 0.0752. The Labute approximate surface area is 112 Å². The molecule has 0 saturated heterocycles. The van der Waals surface area contributed by atoms with Gasteiger partial charge in [0.05, 0.1) is 22.5 Å². The topological polar surface area (TPSA) is 86.5 Å². The predicted molar refractivity (Wildman–Crippen MR) is 73.1 cm³/mol. The highest BCUT2D eigenvalue weighted by molar-refractivity contribution is 7.15. The second-order valence-electron chi connectivity index (χ2n) is 4.00. The average Bonchev–Trinajstić information content (AvgIpc) is 2.99. The van der Waals surface area contributed by atoms with Gasteiger partial charge in [0, 0.05) is 29.6 Å². The molecular formula is C12H10N4O2S. The van der Waals surface area contributed by atoms with Crippen LogP contribution in [-0.2, 0) is 6.54 Å². The van der Waals surface area contributed by atoms with Crippen molar-refractivity contribution in [2.45, 2.75) is 6.54 Å². The largest absolute Gasteiger partial charge is 0.325 e. The first-order valence-electron chi connectivity index (χ1n) is 5.59. The third-order valence-corrected chi connectivity index (χ3v) is 3.72. The summed E-state index contributed by atoms with van der Waals surface area (Å²) in [7, 11) is 0. The predicted octanol–water partition coefficient (Wildman–Crippen LogP) is 2.43. The normalized spacial score (nSPS) is 11.0. The molecule has 96 valence electrons. The summed E-state index contributed by atoms with van der Waals surface area (Å²) in [5, 5.41) is 12.8. The van der Waals surface area contributed by atoms with Gasteiger partial charge in [-0.15, -0.1) is 11.3 Å². The SMILES string of the molecule is NCc1cnc2scc(-c3cccc([N+](=O)[O-])c3)n12. The van der Waals surface area contributed by atoms with Gasteiger partial charge in [-0.1, -0.05) is 12.1 Å². The summed E-state index contributed by atoms with van der Waals surface area (Å²) in [4.78, 5) is 15.5. The number of nitrogens with zero attached hydrogens (tertiary/aromatic N) is 3. The highest BCUT2D eigenvalue weighted by Crippen LogP contribution is 2.29. The number of thiazole rings is 1. The van der Waals surface area contributed by atoms with Crippen LogP contribution in [0.2, 0.25) is 0 Å². The van der Waals surface area contributed by atoms with Crippen molar-refractivity contribution in [2.24, 2.45) is 5.73 Å². The lowest BCUT2D eigenvalue weighted by Gasteiger charge is -2.02. The van der Waals surface area contributed by atoms with Gasteiger partial charge in [0.25, 0.3) is 5.69 Å². The number of hydrogen-bond donors (Lipinski definition) is 1. The van der Waals surface area contributed by atoms with Gasteiger partial charge in [0.2, 0.25) is 0 Å². The van der Waals surface area contributed by atoms with E-state index in [0.717, 1.165) is 21.9 Å². The van der Waals surface area contributed by atoms with Gasteiger partial charge in [-0.2, -0.15) is 0 Å². The van der Waals surface area contributed by atoms with E-state index in [1.807, 2.05) is 15.8 Å². The first kappa shape index (κ1) is 11.8. The Morgan fingerprint density at radius 1 is 1.47 bits per heavy atom. The maximum Gasteiger partial charge on any atom is 0.270 e. The molecule has 0 aliphatic heterocycles. The van der Waals surface area contributed by atoms with E-state index in [0.29, 0.717) is 6.54 Å². The Bertz CT molecular complexity index is 762. The van der Waals surface area contributed by atoms with Crippen molar-refractivity contribution in [3.63, 3.8) is 0 Å². The van der Waals surface area contributed by atoms with Gasteiger partial charge in [-0.25, -0.2) is 4.98 Å². The van der Waals surface area contributed by atoms with E-state index in [1.165, 1.54) is 17.4 Å². The summed E-state index contributed by atoms with van der Waals surface area (Å²) in [6.07, 6.45) is 1.73. The molecule has 0 aliphatic rings. The lowest BCUT2D eigenvalue weighted by molar-refractivity contribution is -0.384. The molecule has 0 spiro atoms. The maximum atomic E-state index is 10.8. The standard InChI is InChI=1S/C12H10N4O2S/c13-5-10-6-14-12-15(10)11(7-19-12)8-2-1-3-9(4-8)16(17)18/h1-4,6-7H,5,13H2. The van der Waals surface area contributed by atoms with E-state index in [-0.39, 0.29) is 5.69 Å². The smallest absolute Gasteiger partial charge is 0.270 e. The van der Waals surface area contributed by atoms with E-state index in [2.05, 4.69) is 4.98 Å². The molecule has 7 heteroatoms. The molecular weight excluding hydrogens is 264 g/mol. The third kappa shape index (κ3) is 1.88. The van der Waals surface area contributed by atoms with Crippen LogP contribution in [0.3, 0.4) is 0 Å². The first-order chi connectivity index (χ1) is 9.20. The highest BCUT2D eigenvalue weighted by Gasteiger charge is 2.13. The first-order valence-corrected chi connectivity index (χ1v) is 6.47. The average molecular weight is 274 g/mol.